The van der Waals surface area contributed by atoms with Crippen LogP contribution < -0.4 is 10.9 Å². The van der Waals surface area contributed by atoms with E-state index in [9.17, 15) is 9.59 Å². The first-order chi connectivity index (χ1) is 9.74. The highest BCUT2D eigenvalue weighted by Crippen LogP contribution is 2.11. The molecule has 0 saturated heterocycles. The van der Waals surface area contributed by atoms with Gasteiger partial charge in [-0.05, 0) is 35.7 Å². The van der Waals surface area contributed by atoms with Crippen molar-refractivity contribution in [3.05, 3.63) is 44.8 Å². The fourth-order valence-electron chi connectivity index (χ4n) is 1.65. The molecule has 20 heavy (non-hydrogen) atoms. The Morgan fingerprint density at radius 3 is 1.65 bits per heavy atom. The molecule has 0 aliphatic heterocycles. The summed E-state index contributed by atoms with van der Waals surface area (Å²) in [5.74, 6) is -0.328. The lowest BCUT2D eigenvalue weighted by molar-refractivity contribution is -0.128. The summed E-state index contributed by atoms with van der Waals surface area (Å²) in [6.45, 7) is 0. The number of hydrazine groups is 1. The lowest BCUT2D eigenvalue weighted by Gasteiger charge is -2.06. The second kappa shape index (κ2) is 7.81. The van der Waals surface area contributed by atoms with Gasteiger partial charge in [0.1, 0.15) is 0 Å². The van der Waals surface area contributed by atoms with Gasteiger partial charge in [-0.2, -0.15) is 0 Å². The molecule has 2 N–H and O–H groups in total. The molecule has 0 atom stereocenters. The van der Waals surface area contributed by atoms with Gasteiger partial charge in [0.25, 0.3) is 0 Å². The highest BCUT2D eigenvalue weighted by atomic mass is 32.1. The summed E-state index contributed by atoms with van der Waals surface area (Å²) in [6.07, 6.45) is 2.17. The number of hydrogen-bond acceptors (Lipinski definition) is 4. The van der Waals surface area contributed by atoms with Crippen LogP contribution >= 0.6 is 22.7 Å². The Morgan fingerprint density at radius 1 is 0.850 bits per heavy atom. The molecule has 2 aromatic heterocycles. The zero-order valence-corrected chi connectivity index (χ0v) is 12.6. The molecule has 2 aromatic rings. The van der Waals surface area contributed by atoms with Crippen molar-refractivity contribution in [1.82, 2.24) is 10.9 Å². The van der Waals surface area contributed by atoms with Crippen molar-refractivity contribution >= 4 is 34.5 Å². The smallest absolute Gasteiger partial charge is 0.238 e. The topological polar surface area (TPSA) is 58.2 Å². The molecule has 0 aromatic carbocycles. The molecule has 0 aliphatic carbocycles. The number of hydrogen-bond donors (Lipinski definition) is 2. The highest BCUT2D eigenvalue weighted by Gasteiger charge is 2.06. The molecule has 0 fully saturated rings. The Bertz CT molecular complexity index is 485. The molecule has 0 unspecified atom stereocenters. The van der Waals surface area contributed by atoms with E-state index in [1.807, 2.05) is 35.0 Å². The van der Waals surface area contributed by atoms with Gasteiger partial charge in [-0.15, -0.1) is 22.7 Å². The van der Waals surface area contributed by atoms with Crippen molar-refractivity contribution < 1.29 is 9.59 Å². The van der Waals surface area contributed by atoms with Crippen molar-refractivity contribution in [2.75, 3.05) is 0 Å². The molecular weight excluding hydrogens is 292 g/mol. The van der Waals surface area contributed by atoms with E-state index in [1.54, 1.807) is 22.7 Å². The summed E-state index contributed by atoms with van der Waals surface area (Å²) in [5, 5.41) is 3.97. The lowest BCUT2D eigenvalue weighted by Crippen LogP contribution is -2.41. The average molecular weight is 308 g/mol. The summed E-state index contributed by atoms with van der Waals surface area (Å²) in [7, 11) is 0. The normalized spacial score (nSPS) is 10.2. The molecule has 2 amide bonds. The minimum absolute atomic E-state index is 0.164. The maximum absolute atomic E-state index is 11.6. The lowest BCUT2D eigenvalue weighted by atomic mass is 10.2. The van der Waals surface area contributed by atoms with Crippen LogP contribution in [0.1, 0.15) is 22.6 Å². The second-order valence-corrected chi connectivity index (χ2v) is 6.32. The van der Waals surface area contributed by atoms with Gasteiger partial charge in [0.15, 0.2) is 0 Å². The van der Waals surface area contributed by atoms with Crippen molar-refractivity contribution in [3.8, 4) is 0 Å². The molecule has 0 saturated carbocycles. The minimum Gasteiger partial charge on any atom is -0.273 e. The van der Waals surface area contributed by atoms with E-state index in [-0.39, 0.29) is 11.8 Å². The molecule has 2 heterocycles. The Morgan fingerprint density at radius 2 is 1.30 bits per heavy atom. The third kappa shape index (κ3) is 5.14. The molecule has 0 spiro atoms. The van der Waals surface area contributed by atoms with E-state index < -0.39 is 0 Å². The fourth-order valence-corrected chi connectivity index (χ4v) is 3.07. The first kappa shape index (κ1) is 14.7. The van der Waals surface area contributed by atoms with Crippen molar-refractivity contribution in [2.24, 2.45) is 0 Å². The molecule has 0 bridgehead atoms. The Hall–Kier alpha value is -1.66. The van der Waals surface area contributed by atoms with Crippen LogP contribution in [-0.2, 0) is 22.4 Å². The first-order valence-electron chi connectivity index (χ1n) is 6.36. The van der Waals surface area contributed by atoms with E-state index in [2.05, 4.69) is 10.9 Å². The molecule has 106 valence electrons. The summed E-state index contributed by atoms with van der Waals surface area (Å²) >= 11 is 3.26. The van der Waals surface area contributed by atoms with Crippen LogP contribution in [0.15, 0.2) is 35.0 Å². The Labute approximate surface area is 125 Å². The van der Waals surface area contributed by atoms with Gasteiger partial charge in [0, 0.05) is 22.6 Å². The Balaban J connectivity index is 1.59. The Kier molecular flexibility index (Phi) is 5.76. The van der Waals surface area contributed by atoms with Crippen LogP contribution in [0.2, 0.25) is 0 Å². The van der Waals surface area contributed by atoms with Gasteiger partial charge in [-0.25, -0.2) is 0 Å². The largest absolute Gasteiger partial charge is 0.273 e. The van der Waals surface area contributed by atoms with Crippen LogP contribution in [0.4, 0.5) is 0 Å². The standard InChI is InChI=1S/C14H16N2O2S2/c17-13(7-5-11-3-1-9-19-11)15-16-14(18)8-6-12-4-2-10-20-12/h1-4,9-10H,5-8H2,(H,15,17)(H,16,18). The zero-order chi connectivity index (χ0) is 14.2. The van der Waals surface area contributed by atoms with Gasteiger partial charge < -0.3 is 0 Å². The van der Waals surface area contributed by atoms with Gasteiger partial charge in [0.05, 0.1) is 0 Å². The van der Waals surface area contributed by atoms with Crippen LogP contribution in [0.3, 0.4) is 0 Å². The quantitative estimate of drug-likeness (QED) is 0.806. The first-order valence-corrected chi connectivity index (χ1v) is 8.12. The molecule has 6 heteroatoms. The van der Waals surface area contributed by atoms with E-state index in [0.717, 1.165) is 0 Å². The zero-order valence-electron chi connectivity index (χ0n) is 10.9. The van der Waals surface area contributed by atoms with E-state index in [0.29, 0.717) is 25.7 Å². The number of aryl methyl sites for hydroxylation is 2. The average Bonchev–Trinajstić information content (AvgIpc) is 3.13. The van der Waals surface area contributed by atoms with Crippen molar-refractivity contribution in [3.63, 3.8) is 0 Å². The maximum atomic E-state index is 11.6. The number of carbonyl (C=O) groups is 2. The minimum atomic E-state index is -0.164. The highest BCUT2D eigenvalue weighted by molar-refractivity contribution is 7.10. The second-order valence-electron chi connectivity index (χ2n) is 4.26. The maximum Gasteiger partial charge on any atom is 0.238 e. The van der Waals surface area contributed by atoms with E-state index in [4.69, 9.17) is 0 Å². The van der Waals surface area contributed by atoms with Gasteiger partial charge in [-0.1, -0.05) is 12.1 Å². The third-order valence-electron chi connectivity index (χ3n) is 2.70. The van der Waals surface area contributed by atoms with Crippen LogP contribution in [0.25, 0.3) is 0 Å². The number of carbonyl (C=O) groups excluding carboxylic acids is 2. The molecule has 0 aliphatic rings. The number of thiophene rings is 2. The summed E-state index contributed by atoms with van der Waals surface area (Å²) < 4.78 is 0. The van der Waals surface area contributed by atoms with Crippen LogP contribution in [0.5, 0.6) is 0 Å². The van der Waals surface area contributed by atoms with Gasteiger partial charge in [-0.3, -0.25) is 20.4 Å². The van der Waals surface area contributed by atoms with Crippen LogP contribution in [-0.4, -0.2) is 11.8 Å². The van der Waals surface area contributed by atoms with Gasteiger partial charge >= 0.3 is 0 Å². The van der Waals surface area contributed by atoms with Crippen molar-refractivity contribution in [1.29, 1.82) is 0 Å². The van der Waals surface area contributed by atoms with Gasteiger partial charge in [0.2, 0.25) is 11.8 Å². The summed E-state index contributed by atoms with van der Waals surface area (Å²) in [5.41, 5.74) is 4.89. The SMILES string of the molecule is O=C(CCc1cccs1)NNC(=O)CCc1cccs1. The molecule has 2 rings (SSSR count). The predicted molar refractivity (Wildman–Crippen MR) is 81.6 cm³/mol. The molecular formula is C14H16N2O2S2. The number of amides is 2. The molecule has 0 radical (unpaired) electrons. The number of nitrogens with one attached hydrogen (secondary N) is 2. The van der Waals surface area contributed by atoms with Crippen molar-refractivity contribution in [2.45, 2.75) is 25.7 Å². The predicted octanol–water partition coefficient (Wildman–Crippen LogP) is 2.52. The fraction of sp³-hybridized carbons (Fsp3) is 0.286. The molecule has 4 nitrogen and oxygen atoms in total. The summed E-state index contributed by atoms with van der Waals surface area (Å²) in [6, 6.07) is 7.92. The van der Waals surface area contributed by atoms with E-state index >= 15 is 0 Å². The van der Waals surface area contributed by atoms with Crippen LogP contribution in [0, 0.1) is 0 Å². The van der Waals surface area contributed by atoms with E-state index in [1.165, 1.54) is 9.75 Å². The third-order valence-corrected chi connectivity index (χ3v) is 4.57. The number of rotatable bonds is 6. The monoisotopic (exact) mass is 308 g/mol. The summed E-state index contributed by atoms with van der Waals surface area (Å²) in [4.78, 5) is 25.5.